The van der Waals surface area contributed by atoms with E-state index in [1.807, 2.05) is 24.3 Å². The highest BCUT2D eigenvalue weighted by Gasteiger charge is 2.68. The van der Waals surface area contributed by atoms with E-state index in [0.29, 0.717) is 30.6 Å². The quantitative estimate of drug-likeness (QED) is 0.244. The molecule has 51 heavy (non-hydrogen) atoms. The van der Waals surface area contributed by atoms with E-state index >= 15 is 0 Å². The Balaban J connectivity index is 1.14. The van der Waals surface area contributed by atoms with E-state index in [1.54, 1.807) is 13.0 Å². The number of carbonyl (C=O) groups is 4. The molecule has 11 heteroatoms. The van der Waals surface area contributed by atoms with Crippen LogP contribution in [0, 0.1) is 34.9 Å². The van der Waals surface area contributed by atoms with E-state index in [-0.39, 0.29) is 40.7 Å². The minimum Gasteiger partial charge on any atom is -0.508 e. The number of ether oxygens (including phenoxy) is 1. The normalized spacial score (nSPS) is 29.6. The van der Waals surface area contributed by atoms with Crippen molar-refractivity contribution >= 4 is 40.9 Å². The number of nitrogens with zero attached hydrogens (tertiary/aromatic N) is 3. The lowest BCUT2D eigenvalue weighted by Crippen LogP contribution is -2.49. The van der Waals surface area contributed by atoms with Crippen molar-refractivity contribution < 1.29 is 33.4 Å². The van der Waals surface area contributed by atoms with Crippen LogP contribution in [0.5, 0.6) is 11.5 Å². The van der Waals surface area contributed by atoms with Gasteiger partial charge in [0.25, 0.3) is 0 Å². The molecular weight excluding hydrogens is 673 g/mol. The second-order valence-corrected chi connectivity index (χ2v) is 15.1. The molecule has 0 spiro atoms. The van der Waals surface area contributed by atoms with Crippen LogP contribution >= 0.6 is 11.6 Å². The summed E-state index contributed by atoms with van der Waals surface area (Å²) in [6.07, 6.45) is 3.90. The van der Waals surface area contributed by atoms with Crippen LogP contribution in [0.4, 0.5) is 10.1 Å². The van der Waals surface area contributed by atoms with Crippen LogP contribution in [0.1, 0.15) is 49.7 Å². The van der Waals surface area contributed by atoms with Crippen molar-refractivity contribution in [1.29, 1.82) is 0 Å². The summed E-state index contributed by atoms with van der Waals surface area (Å²) in [5, 5.41) is 10.1. The first-order valence-electron chi connectivity index (χ1n) is 17.6. The minimum atomic E-state index is -1.33. The molecule has 6 atom stereocenters. The number of amides is 4. The molecule has 1 N–H and O–H groups in total. The lowest BCUT2D eigenvalue weighted by Gasteiger charge is -2.49. The summed E-state index contributed by atoms with van der Waals surface area (Å²) in [6.45, 7) is 4.11. The fourth-order valence-corrected chi connectivity index (χ4v) is 9.90. The molecule has 9 nitrogen and oxygen atoms in total. The number of imide groups is 2. The standard InChI is InChI=1S/C40H39ClFN3O6/c1-40-30(37(48)45(39(40)50)24-8-13-32(42)31(41)18-24)20-29-26(35(40)27-10-9-25(46)19-33(27)51-2)11-12-28-34(29)38(49)44(36(28)47)23-14-16-43(17-15-23)21-22-6-4-3-5-7-22/h3-11,13,18-19,23,28-30,34-35,46H,12,14-17,20-21H2,1-2H3. The summed E-state index contributed by atoms with van der Waals surface area (Å²) in [5.41, 5.74) is 1.47. The maximum atomic E-state index is 14.7. The van der Waals surface area contributed by atoms with Gasteiger partial charge in [-0.15, -0.1) is 0 Å². The minimum absolute atomic E-state index is 0.0271. The van der Waals surface area contributed by atoms with Crippen molar-refractivity contribution in [2.24, 2.45) is 29.1 Å². The molecule has 0 radical (unpaired) electrons. The first-order chi connectivity index (χ1) is 24.5. The van der Waals surface area contributed by atoms with Crippen LogP contribution in [0.15, 0.2) is 78.4 Å². The van der Waals surface area contributed by atoms with Gasteiger partial charge in [-0.05, 0) is 68.4 Å². The van der Waals surface area contributed by atoms with Crippen LogP contribution in [-0.2, 0) is 25.7 Å². The topological polar surface area (TPSA) is 107 Å². The number of anilines is 1. The fourth-order valence-electron chi connectivity index (χ4n) is 9.73. The van der Waals surface area contributed by atoms with Gasteiger partial charge in [-0.3, -0.25) is 29.0 Å². The molecule has 0 bridgehead atoms. The third-order valence-corrected chi connectivity index (χ3v) is 12.5. The molecule has 3 aromatic rings. The van der Waals surface area contributed by atoms with E-state index in [1.165, 1.54) is 41.8 Å². The van der Waals surface area contributed by atoms with E-state index in [9.17, 15) is 28.7 Å². The predicted octanol–water partition coefficient (Wildman–Crippen LogP) is 6.09. The summed E-state index contributed by atoms with van der Waals surface area (Å²) in [4.78, 5) is 62.7. The molecule has 3 heterocycles. The number of piperidine rings is 1. The predicted molar refractivity (Wildman–Crippen MR) is 187 cm³/mol. The summed E-state index contributed by atoms with van der Waals surface area (Å²) >= 11 is 6.12. The molecule has 4 amide bonds. The Morgan fingerprint density at radius 2 is 1.69 bits per heavy atom. The van der Waals surface area contributed by atoms with Crippen molar-refractivity contribution in [3.05, 3.63) is 100 Å². The Morgan fingerprint density at radius 1 is 0.941 bits per heavy atom. The Labute approximate surface area is 300 Å². The number of likely N-dealkylation sites (tertiary alicyclic amines) is 2. The molecule has 6 unspecified atom stereocenters. The highest BCUT2D eigenvalue weighted by Crippen LogP contribution is 2.64. The van der Waals surface area contributed by atoms with Gasteiger partial charge in [-0.25, -0.2) is 9.29 Å². The van der Waals surface area contributed by atoms with Crippen LogP contribution in [0.25, 0.3) is 0 Å². The smallest absolute Gasteiger partial charge is 0.241 e. The zero-order chi connectivity index (χ0) is 35.8. The van der Waals surface area contributed by atoms with Crippen molar-refractivity contribution in [3.63, 3.8) is 0 Å². The number of fused-ring (bicyclic) bond motifs is 4. The van der Waals surface area contributed by atoms with Crippen LogP contribution in [0.3, 0.4) is 0 Å². The van der Waals surface area contributed by atoms with Crippen LogP contribution in [0.2, 0.25) is 5.02 Å². The molecule has 2 aliphatic carbocycles. The van der Waals surface area contributed by atoms with Gasteiger partial charge in [0.2, 0.25) is 23.6 Å². The molecule has 3 aliphatic heterocycles. The van der Waals surface area contributed by atoms with Gasteiger partial charge >= 0.3 is 0 Å². The number of phenols is 1. The number of benzene rings is 3. The van der Waals surface area contributed by atoms with Crippen LogP contribution in [-0.4, -0.2) is 64.8 Å². The molecule has 1 saturated carbocycles. The maximum absolute atomic E-state index is 14.7. The largest absolute Gasteiger partial charge is 0.508 e. The third kappa shape index (κ3) is 5.20. The zero-order valence-corrected chi connectivity index (χ0v) is 29.2. The zero-order valence-electron chi connectivity index (χ0n) is 28.4. The summed E-state index contributed by atoms with van der Waals surface area (Å²) in [7, 11) is 1.47. The maximum Gasteiger partial charge on any atom is 0.241 e. The molecular formula is C40H39ClFN3O6. The monoisotopic (exact) mass is 711 g/mol. The van der Waals surface area contributed by atoms with Crippen molar-refractivity contribution in [2.45, 2.75) is 51.1 Å². The number of aromatic hydroxyl groups is 1. The summed E-state index contributed by atoms with van der Waals surface area (Å²) in [5.74, 6) is -4.96. The Morgan fingerprint density at radius 3 is 2.39 bits per heavy atom. The van der Waals surface area contributed by atoms with E-state index in [2.05, 4.69) is 17.0 Å². The molecule has 3 saturated heterocycles. The van der Waals surface area contributed by atoms with Gasteiger partial charge in [0.1, 0.15) is 17.3 Å². The molecule has 3 aromatic carbocycles. The van der Waals surface area contributed by atoms with E-state index in [4.69, 9.17) is 16.3 Å². The number of rotatable bonds is 6. The van der Waals surface area contributed by atoms with E-state index < -0.39 is 52.6 Å². The highest BCUT2D eigenvalue weighted by atomic mass is 35.5. The van der Waals surface area contributed by atoms with Gasteiger partial charge in [-0.2, -0.15) is 0 Å². The Kier molecular flexibility index (Phi) is 8.30. The number of phenolic OH excluding ortho intramolecular Hbond substituents is 1. The number of halogens is 2. The van der Waals surface area contributed by atoms with Crippen LogP contribution < -0.4 is 9.64 Å². The first kappa shape index (κ1) is 33.6. The Hall–Kier alpha value is -4.54. The number of methoxy groups -OCH3 is 1. The number of hydrogen-bond acceptors (Lipinski definition) is 7. The summed E-state index contributed by atoms with van der Waals surface area (Å²) < 4.78 is 19.9. The molecule has 5 aliphatic rings. The third-order valence-electron chi connectivity index (χ3n) is 12.2. The average molecular weight is 712 g/mol. The highest BCUT2D eigenvalue weighted by molar-refractivity contribution is 6.31. The SMILES string of the molecule is COc1cc(O)ccc1C1C2=CCC3C(=O)N(C4CCN(Cc5ccccc5)CC4)C(=O)C3C2CC2C(=O)N(c3ccc(F)c(Cl)c3)C(=O)C21C. The second-order valence-electron chi connectivity index (χ2n) is 14.7. The number of allylic oxidation sites excluding steroid dienone is 2. The van der Waals surface area contributed by atoms with Crippen molar-refractivity contribution in [1.82, 2.24) is 9.80 Å². The molecule has 4 fully saturated rings. The number of carbonyl (C=O) groups excluding carboxylic acids is 4. The van der Waals surface area contributed by atoms with Gasteiger partial charge in [0, 0.05) is 43.2 Å². The first-order valence-corrected chi connectivity index (χ1v) is 17.9. The molecule has 264 valence electrons. The Bertz CT molecular complexity index is 1980. The van der Waals surface area contributed by atoms with Crippen molar-refractivity contribution in [2.75, 3.05) is 25.1 Å². The summed E-state index contributed by atoms with van der Waals surface area (Å²) in [6, 6.07) is 18.5. The number of hydrogen-bond donors (Lipinski definition) is 1. The van der Waals surface area contributed by atoms with Gasteiger partial charge in [-0.1, -0.05) is 59.6 Å². The lowest BCUT2D eigenvalue weighted by molar-refractivity contribution is -0.144. The van der Waals surface area contributed by atoms with Gasteiger partial charge in [0.05, 0.1) is 41.0 Å². The average Bonchev–Trinajstić information content (AvgIpc) is 3.50. The second kappa shape index (κ2) is 12.6. The van der Waals surface area contributed by atoms with Crippen molar-refractivity contribution in [3.8, 4) is 11.5 Å². The lowest BCUT2D eigenvalue weighted by atomic mass is 9.51. The van der Waals surface area contributed by atoms with Gasteiger partial charge < -0.3 is 9.84 Å². The molecule has 0 aromatic heterocycles. The van der Waals surface area contributed by atoms with E-state index in [0.717, 1.165) is 36.2 Å². The fraction of sp³-hybridized carbons (Fsp3) is 0.400. The van der Waals surface area contributed by atoms with Gasteiger partial charge in [0.15, 0.2) is 0 Å². The molecule has 8 rings (SSSR count).